The van der Waals surface area contributed by atoms with Crippen LogP contribution in [0.5, 0.6) is 0 Å². The molecule has 170 valence electrons. The molecule has 1 aliphatic rings. The van der Waals surface area contributed by atoms with Crippen LogP contribution in [-0.4, -0.2) is 70.9 Å². The summed E-state index contributed by atoms with van der Waals surface area (Å²) in [5.74, 6) is -0.200. The van der Waals surface area contributed by atoms with Crippen molar-refractivity contribution in [3.8, 4) is 11.4 Å². The van der Waals surface area contributed by atoms with Gasteiger partial charge in [0, 0.05) is 42.6 Å². The fraction of sp³-hybridized carbons (Fsp3) is 0.227. The monoisotopic (exact) mass is 466 g/mol. The second kappa shape index (κ2) is 7.71. The molecule has 3 heterocycles. The number of aromatic nitrogens is 3. The van der Waals surface area contributed by atoms with E-state index in [1.165, 1.54) is 10.6 Å². The number of carbonyl (C=O) groups is 1. The van der Waals surface area contributed by atoms with Crippen molar-refractivity contribution >= 4 is 43.6 Å². The molecule has 0 saturated carbocycles. The number of nitrogen functional groups attached to an aromatic ring is 1. The summed E-state index contributed by atoms with van der Waals surface area (Å²) in [6.45, 7) is 1.15. The maximum Gasteiger partial charge on any atom is 0.276 e. The SMILES string of the molecule is CS(=O)(=O)N1CCN(C(=O)c2ccc3[nH]c(-c4nc5ccccc5[nH]c4=O)c(N)c3c2)CC1. The van der Waals surface area contributed by atoms with Crippen LogP contribution < -0.4 is 11.3 Å². The number of benzene rings is 2. The lowest BCUT2D eigenvalue weighted by molar-refractivity contribution is 0.0698. The van der Waals surface area contributed by atoms with E-state index < -0.39 is 10.0 Å². The van der Waals surface area contributed by atoms with Crippen LogP contribution in [0.25, 0.3) is 33.3 Å². The number of amides is 1. The third kappa shape index (κ3) is 3.74. The van der Waals surface area contributed by atoms with E-state index in [0.717, 1.165) is 0 Å². The number of nitrogens with two attached hydrogens (primary N) is 1. The molecule has 0 spiro atoms. The minimum absolute atomic E-state index is 0.173. The van der Waals surface area contributed by atoms with Crippen molar-refractivity contribution in [1.29, 1.82) is 0 Å². The fourth-order valence-electron chi connectivity index (χ4n) is 4.14. The van der Waals surface area contributed by atoms with E-state index in [4.69, 9.17) is 5.73 Å². The molecule has 2 aromatic heterocycles. The zero-order chi connectivity index (χ0) is 23.3. The first-order valence-corrected chi connectivity index (χ1v) is 12.2. The predicted octanol–water partition coefficient (Wildman–Crippen LogP) is 1.37. The summed E-state index contributed by atoms with van der Waals surface area (Å²) in [4.78, 5) is 37.7. The Kier molecular flexibility index (Phi) is 4.94. The zero-order valence-corrected chi connectivity index (χ0v) is 18.6. The van der Waals surface area contributed by atoms with Crippen LogP contribution in [0.4, 0.5) is 5.69 Å². The van der Waals surface area contributed by atoms with Crippen LogP contribution in [-0.2, 0) is 10.0 Å². The van der Waals surface area contributed by atoms with Gasteiger partial charge in [-0.15, -0.1) is 0 Å². The first-order valence-electron chi connectivity index (χ1n) is 10.4. The van der Waals surface area contributed by atoms with E-state index >= 15 is 0 Å². The molecule has 11 heteroatoms. The Balaban J connectivity index is 1.48. The van der Waals surface area contributed by atoms with Crippen molar-refractivity contribution in [3.63, 3.8) is 0 Å². The molecular weight excluding hydrogens is 444 g/mol. The molecule has 10 nitrogen and oxygen atoms in total. The number of para-hydroxylation sites is 2. The number of nitrogens with one attached hydrogen (secondary N) is 2. The van der Waals surface area contributed by atoms with Gasteiger partial charge in [0.25, 0.3) is 11.5 Å². The molecule has 5 rings (SSSR count). The maximum absolute atomic E-state index is 13.0. The number of fused-ring (bicyclic) bond motifs is 2. The smallest absolute Gasteiger partial charge is 0.276 e. The summed E-state index contributed by atoms with van der Waals surface area (Å²) in [5, 5.41) is 0.611. The Morgan fingerprint density at radius 3 is 2.48 bits per heavy atom. The summed E-state index contributed by atoms with van der Waals surface area (Å²) in [5.41, 5.74) is 9.28. The highest BCUT2D eigenvalue weighted by Gasteiger charge is 2.27. The van der Waals surface area contributed by atoms with Gasteiger partial charge >= 0.3 is 0 Å². The number of hydrogen-bond donors (Lipinski definition) is 3. The highest BCUT2D eigenvalue weighted by atomic mass is 32.2. The minimum atomic E-state index is -3.27. The van der Waals surface area contributed by atoms with E-state index in [2.05, 4.69) is 15.0 Å². The molecule has 0 atom stereocenters. The van der Waals surface area contributed by atoms with Gasteiger partial charge in [0.2, 0.25) is 10.0 Å². The molecular formula is C22H22N6O4S. The Bertz CT molecular complexity index is 1570. The highest BCUT2D eigenvalue weighted by Crippen LogP contribution is 2.31. The van der Waals surface area contributed by atoms with E-state index in [9.17, 15) is 18.0 Å². The van der Waals surface area contributed by atoms with Crippen LogP contribution in [0.15, 0.2) is 47.3 Å². The summed E-state index contributed by atoms with van der Waals surface area (Å²) < 4.78 is 24.8. The van der Waals surface area contributed by atoms with Crippen molar-refractivity contribution in [2.75, 3.05) is 38.2 Å². The summed E-state index contributed by atoms with van der Waals surface area (Å²) in [6.07, 6.45) is 1.17. The van der Waals surface area contributed by atoms with Crippen LogP contribution >= 0.6 is 0 Å². The summed E-state index contributed by atoms with van der Waals surface area (Å²) in [7, 11) is -3.27. The van der Waals surface area contributed by atoms with Crippen molar-refractivity contribution in [1.82, 2.24) is 24.2 Å². The van der Waals surface area contributed by atoms with Crippen molar-refractivity contribution < 1.29 is 13.2 Å². The van der Waals surface area contributed by atoms with Gasteiger partial charge in [0.05, 0.1) is 28.7 Å². The van der Waals surface area contributed by atoms with Gasteiger partial charge in [0.1, 0.15) is 0 Å². The lowest BCUT2D eigenvalue weighted by Crippen LogP contribution is -2.50. The predicted molar refractivity (Wildman–Crippen MR) is 126 cm³/mol. The van der Waals surface area contributed by atoms with Crippen LogP contribution in [0, 0.1) is 0 Å². The molecule has 4 N–H and O–H groups in total. The van der Waals surface area contributed by atoms with Gasteiger partial charge in [-0.2, -0.15) is 4.31 Å². The molecule has 0 unspecified atom stereocenters. The van der Waals surface area contributed by atoms with Gasteiger partial charge in [-0.25, -0.2) is 13.4 Å². The summed E-state index contributed by atoms with van der Waals surface area (Å²) >= 11 is 0. The first kappa shape index (κ1) is 21.2. The first-order chi connectivity index (χ1) is 15.7. The number of carbonyl (C=O) groups excluding carboxylic acids is 1. The number of sulfonamides is 1. The maximum atomic E-state index is 13.0. The molecule has 1 fully saturated rings. The van der Waals surface area contributed by atoms with Gasteiger partial charge in [-0.3, -0.25) is 9.59 Å². The van der Waals surface area contributed by atoms with E-state index in [1.807, 2.05) is 12.1 Å². The average Bonchev–Trinajstić information content (AvgIpc) is 3.13. The van der Waals surface area contributed by atoms with Crippen molar-refractivity contribution in [3.05, 3.63) is 58.4 Å². The van der Waals surface area contributed by atoms with Crippen LogP contribution in [0.1, 0.15) is 10.4 Å². The zero-order valence-electron chi connectivity index (χ0n) is 17.8. The van der Waals surface area contributed by atoms with Crippen LogP contribution in [0.3, 0.4) is 0 Å². The Labute approximate surface area is 189 Å². The molecule has 0 radical (unpaired) electrons. The molecule has 33 heavy (non-hydrogen) atoms. The Morgan fingerprint density at radius 2 is 1.76 bits per heavy atom. The normalized spacial score (nSPS) is 15.4. The van der Waals surface area contributed by atoms with E-state index in [1.54, 1.807) is 35.2 Å². The van der Waals surface area contributed by atoms with Crippen molar-refractivity contribution in [2.45, 2.75) is 0 Å². The van der Waals surface area contributed by atoms with Crippen LogP contribution in [0.2, 0.25) is 0 Å². The Morgan fingerprint density at radius 1 is 1.03 bits per heavy atom. The van der Waals surface area contributed by atoms with Gasteiger partial charge in [0.15, 0.2) is 5.69 Å². The lowest BCUT2D eigenvalue weighted by atomic mass is 10.1. The third-order valence-corrected chi connectivity index (χ3v) is 7.22. The number of hydrogen-bond acceptors (Lipinski definition) is 6. The molecule has 2 aromatic carbocycles. The number of nitrogens with zero attached hydrogens (tertiary/aromatic N) is 3. The lowest BCUT2D eigenvalue weighted by Gasteiger charge is -2.33. The standard InChI is InChI=1S/C22H22N6O4S/c1-33(31,32)28-10-8-27(9-11-28)22(30)13-6-7-15-14(12-13)18(23)19(24-15)20-21(29)26-17-5-3-2-4-16(17)25-20/h2-7,12,24H,8-11,23H2,1H3,(H,26,29). The third-order valence-electron chi connectivity index (χ3n) is 5.92. The van der Waals surface area contributed by atoms with Crippen molar-refractivity contribution in [2.24, 2.45) is 0 Å². The molecule has 1 saturated heterocycles. The number of rotatable bonds is 3. The number of anilines is 1. The molecule has 1 aliphatic heterocycles. The second-order valence-electron chi connectivity index (χ2n) is 8.06. The molecule has 1 amide bonds. The minimum Gasteiger partial charge on any atom is -0.396 e. The Hall–Kier alpha value is -3.70. The fourth-order valence-corrected chi connectivity index (χ4v) is 4.96. The average molecular weight is 467 g/mol. The quantitative estimate of drug-likeness (QED) is 0.416. The topological polar surface area (TPSA) is 145 Å². The molecule has 4 aromatic rings. The largest absolute Gasteiger partial charge is 0.396 e. The van der Waals surface area contributed by atoms with Gasteiger partial charge in [-0.05, 0) is 30.3 Å². The number of aromatic amines is 2. The van der Waals surface area contributed by atoms with Gasteiger partial charge in [-0.1, -0.05) is 12.1 Å². The highest BCUT2D eigenvalue weighted by molar-refractivity contribution is 7.88. The number of H-pyrrole nitrogens is 2. The van der Waals surface area contributed by atoms with E-state index in [-0.39, 0.29) is 30.2 Å². The molecule has 0 bridgehead atoms. The van der Waals surface area contributed by atoms with E-state index in [0.29, 0.717) is 52.0 Å². The molecule has 0 aliphatic carbocycles. The number of piperazine rings is 1. The second-order valence-corrected chi connectivity index (χ2v) is 10.0. The summed E-state index contributed by atoms with van der Waals surface area (Å²) in [6, 6.07) is 12.3. The van der Waals surface area contributed by atoms with Gasteiger partial charge < -0.3 is 20.6 Å².